The molecule has 1 N–H and O–H groups in total. The second-order valence-electron chi connectivity index (χ2n) is 8.52. The van der Waals surface area contributed by atoms with Gasteiger partial charge < -0.3 is 19.7 Å². The van der Waals surface area contributed by atoms with Gasteiger partial charge in [-0.05, 0) is 57.7 Å². The molecule has 27 heavy (non-hydrogen) atoms. The Morgan fingerprint density at radius 3 is 2.74 bits per heavy atom. The van der Waals surface area contributed by atoms with Crippen molar-refractivity contribution >= 4 is 6.09 Å². The Kier molecular flexibility index (Phi) is 6.37. The van der Waals surface area contributed by atoms with Gasteiger partial charge in [0.05, 0.1) is 6.61 Å². The third-order valence-electron chi connectivity index (χ3n) is 5.30. The number of rotatable bonds is 4. The fourth-order valence-corrected chi connectivity index (χ4v) is 4.03. The van der Waals surface area contributed by atoms with E-state index in [1.165, 1.54) is 12.1 Å². The molecule has 0 aromatic heterocycles. The van der Waals surface area contributed by atoms with Crippen LogP contribution in [0.25, 0.3) is 0 Å². The van der Waals surface area contributed by atoms with Crippen molar-refractivity contribution in [1.29, 1.82) is 0 Å². The Labute approximate surface area is 161 Å². The van der Waals surface area contributed by atoms with E-state index < -0.39 is 5.60 Å². The van der Waals surface area contributed by atoms with E-state index in [0.717, 1.165) is 38.0 Å². The lowest BCUT2D eigenvalue weighted by Gasteiger charge is -2.40. The number of benzene rings is 1. The highest BCUT2D eigenvalue weighted by Gasteiger charge is 2.41. The van der Waals surface area contributed by atoms with Gasteiger partial charge in [0, 0.05) is 37.7 Å². The summed E-state index contributed by atoms with van der Waals surface area (Å²) in [6.45, 7) is 8.47. The maximum atomic E-state index is 13.1. The molecular formula is C21H31FN2O3. The average Bonchev–Trinajstić information content (AvgIpc) is 3.10. The number of nitrogens with zero attached hydrogens (tertiary/aromatic N) is 1. The predicted octanol–water partition coefficient (Wildman–Crippen LogP) is 3.72. The maximum Gasteiger partial charge on any atom is 0.410 e. The number of nitrogens with one attached hydrogen (secondary N) is 1. The molecule has 0 radical (unpaired) electrons. The number of likely N-dealkylation sites (tertiary alicyclic amines) is 1. The quantitative estimate of drug-likeness (QED) is 0.868. The Balaban J connectivity index is 1.64. The molecule has 6 heteroatoms. The summed E-state index contributed by atoms with van der Waals surface area (Å²) in [6, 6.07) is 6.97. The molecular weight excluding hydrogens is 347 g/mol. The van der Waals surface area contributed by atoms with Gasteiger partial charge in [0.1, 0.15) is 11.4 Å². The number of hydrogen-bond donors (Lipinski definition) is 1. The Hall–Kier alpha value is -1.66. The van der Waals surface area contributed by atoms with E-state index in [1.807, 2.05) is 25.7 Å². The lowest BCUT2D eigenvalue weighted by molar-refractivity contribution is -0.0168. The van der Waals surface area contributed by atoms with Crippen molar-refractivity contribution in [3.8, 4) is 0 Å². The van der Waals surface area contributed by atoms with Crippen LogP contribution in [0.15, 0.2) is 24.3 Å². The van der Waals surface area contributed by atoms with E-state index in [4.69, 9.17) is 9.47 Å². The number of hydrogen-bond acceptors (Lipinski definition) is 4. The molecule has 2 aliphatic rings. The van der Waals surface area contributed by atoms with Gasteiger partial charge in [-0.1, -0.05) is 12.1 Å². The van der Waals surface area contributed by atoms with Crippen LogP contribution in [-0.4, -0.2) is 48.4 Å². The fourth-order valence-electron chi connectivity index (χ4n) is 4.03. The van der Waals surface area contributed by atoms with Crippen LogP contribution in [0.4, 0.5) is 9.18 Å². The second-order valence-corrected chi connectivity index (χ2v) is 8.52. The van der Waals surface area contributed by atoms with Crippen LogP contribution in [0.1, 0.15) is 45.6 Å². The zero-order chi connectivity index (χ0) is 19.4. The molecule has 0 spiro atoms. The lowest BCUT2D eigenvalue weighted by atomic mass is 9.87. The van der Waals surface area contributed by atoms with Gasteiger partial charge in [-0.15, -0.1) is 0 Å². The summed E-state index contributed by atoms with van der Waals surface area (Å²) in [5, 5.41) is 3.61. The van der Waals surface area contributed by atoms with Gasteiger partial charge in [-0.3, -0.25) is 0 Å². The van der Waals surface area contributed by atoms with E-state index >= 15 is 0 Å². The first-order chi connectivity index (χ1) is 12.8. The molecule has 1 aromatic rings. The molecule has 0 aliphatic carbocycles. The van der Waals surface area contributed by atoms with Crippen LogP contribution in [0, 0.1) is 11.7 Å². The van der Waals surface area contributed by atoms with Gasteiger partial charge >= 0.3 is 6.09 Å². The topological polar surface area (TPSA) is 50.8 Å². The molecule has 5 nitrogen and oxygen atoms in total. The van der Waals surface area contributed by atoms with Crippen LogP contribution < -0.4 is 5.32 Å². The van der Waals surface area contributed by atoms with Gasteiger partial charge in [0.15, 0.2) is 0 Å². The first-order valence-corrected chi connectivity index (χ1v) is 9.89. The van der Waals surface area contributed by atoms with Crippen LogP contribution in [-0.2, 0) is 16.0 Å². The Bertz CT molecular complexity index is 629. The molecule has 2 heterocycles. The van der Waals surface area contributed by atoms with E-state index in [-0.39, 0.29) is 29.9 Å². The molecule has 3 atom stereocenters. The average molecular weight is 378 g/mol. The van der Waals surface area contributed by atoms with Crippen molar-refractivity contribution < 1.29 is 18.7 Å². The maximum absolute atomic E-state index is 13.1. The standard InChI is InChI=1S/C21H31FN2O3/c1-21(2,3)27-20(25)24-11-4-5-19(24)17-14-26-12-10-18(17)23-13-15-6-8-16(22)9-7-15/h6-9,17-19,23H,4-5,10-14H2,1-3H3/t17-,18-,19-/m1/s1. The van der Waals surface area contributed by atoms with Crippen molar-refractivity contribution in [3.63, 3.8) is 0 Å². The first-order valence-electron chi connectivity index (χ1n) is 9.89. The summed E-state index contributed by atoms with van der Waals surface area (Å²) in [4.78, 5) is 14.5. The highest BCUT2D eigenvalue weighted by molar-refractivity contribution is 5.69. The number of ether oxygens (including phenoxy) is 2. The highest BCUT2D eigenvalue weighted by Crippen LogP contribution is 2.31. The summed E-state index contributed by atoms with van der Waals surface area (Å²) in [5.41, 5.74) is 0.560. The Morgan fingerprint density at radius 2 is 2.04 bits per heavy atom. The molecule has 2 aliphatic heterocycles. The van der Waals surface area contributed by atoms with E-state index in [9.17, 15) is 9.18 Å². The zero-order valence-corrected chi connectivity index (χ0v) is 16.5. The van der Waals surface area contributed by atoms with E-state index in [1.54, 1.807) is 12.1 Å². The van der Waals surface area contributed by atoms with Crippen molar-refractivity contribution in [2.45, 2.75) is 64.3 Å². The predicted molar refractivity (Wildman–Crippen MR) is 102 cm³/mol. The van der Waals surface area contributed by atoms with Crippen LogP contribution in [0.5, 0.6) is 0 Å². The minimum Gasteiger partial charge on any atom is -0.444 e. The summed E-state index contributed by atoms with van der Waals surface area (Å²) >= 11 is 0. The van der Waals surface area contributed by atoms with Gasteiger partial charge in [0.2, 0.25) is 0 Å². The minimum absolute atomic E-state index is 0.130. The molecule has 3 rings (SSSR count). The minimum atomic E-state index is -0.493. The molecule has 2 saturated heterocycles. The van der Waals surface area contributed by atoms with Gasteiger partial charge in [-0.2, -0.15) is 0 Å². The Morgan fingerprint density at radius 1 is 1.30 bits per heavy atom. The number of carbonyl (C=O) groups excluding carboxylic acids is 1. The largest absolute Gasteiger partial charge is 0.444 e. The third kappa shape index (κ3) is 5.42. The summed E-state index contributed by atoms with van der Waals surface area (Å²) < 4.78 is 24.5. The molecule has 150 valence electrons. The van der Waals surface area contributed by atoms with E-state index in [2.05, 4.69) is 5.32 Å². The first kappa shape index (κ1) is 20.1. The number of carbonyl (C=O) groups is 1. The number of amides is 1. The monoisotopic (exact) mass is 378 g/mol. The summed E-state index contributed by atoms with van der Waals surface area (Å²) in [5.74, 6) is 0.0101. The normalized spacial score (nSPS) is 26.2. The van der Waals surface area contributed by atoms with Crippen LogP contribution in [0.3, 0.4) is 0 Å². The number of halogens is 1. The van der Waals surface area contributed by atoms with Crippen molar-refractivity contribution in [1.82, 2.24) is 10.2 Å². The second kappa shape index (κ2) is 8.57. The van der Waals surface area contributed by atoms with Crippen molar-refractivity contribution in [2.24, 2.45) is 5.92 Å². The molecule has 1 amide bonds. The molecule has 0 saturated carbocycles. The van der Waals surface area contributed by atoms with Gasteiger partial charge in [0.25, 0.3) is 0 Å². The highest BCUT2D eigenvalue weighted by atomic mass is 19.1. The van der Waals surface area contributed by atoms with E-state index in [0.29, 0.717) is 13.2 Å². The van der Waals surface area contributed by atoms with Crippen molar-refractivity contribution in [2.75, 3.05) is 19.8 Å². The summed E-state index contributed by atoms with van der Waals surface area (Å²) in [6.07, 6.45) is 2.64. The zero-order valence-electron chi connectivity index (χ0n) is 16.5. The third-order valence-corrected chi connectivity index (χ3v) is 5.30. The smallest absolute Gasteiger partial charge is 0.410 e. The van der Waals surface area contributed by atoms with Gasteiger partial charge in [-0.25, -0.2) is 9.18 Å². The van der Waals surface area contributed by atoms with Crippen LogP contribution in [0.2, 0.25) is 0 Å². The fraction of sp³-hybridized carbons (Fsp3) is 0.667. The molecule has 1 aromatic carbocycles. The lowest BCUT2D eigenvalue weighted by Crippen LogP contribution is -2.53. The SMILES string of the molecule is CC(C)(C)OC(=O)N1CCC[C@@H]1[C@@H]1COCC[C@H]1NCc1ccc(F)cc1. The van der Waals surface area contributed by atoms with Crippen LogP contribution >= 0.6 is 0 Å². The molecule has 0 bridgehead atoms. The van der Waals surface area contributed by atoms with Crippen molar-refractivity contribution in [3.05, 3.63) is 35.6 Å². The summed E-state index contributed by atoms with van der Waals surface area (Å²) in [7, 11) is 0. The molecule has 0 unspecified atom stereocenters. The molecule has 2 fully saturated rings.